The summed E-state index contributed by atoms with van der Waals surface area (Å²) < 4.78 is 21.8. The van der Waals surface area contributed by atoms with Crippen LogP contribution in [-0.2, 0) is 6.54 Å². The maximum Gasteiger partial charge on any atom is 0.132 e. The van der Waals surface area contributed by atoms with Crippen molar-refractivity contribution in [3.05, 3.63) is 47.8 Å². The van der Waals surface area contributed by atoms with Gasteiger partial charge in [-0.3, -0.25) is 0 Å². The maximum absolute atomic E-state index is 14.4. The van der Waals surface area contributed by atoms with Crippen LogP contribution in [0.1, 0.15) is 37.7 Å². The standard InChI is InChI=1S/C16H22FN3O/c1-4-10-20-11-9-19-16(20)15(18-5-2)14-12(17)7-6-8-13(14)21-3/h6-9,11,15,18H,4-5,10H2,1-3H3. The van der Waals surface area contributed by atoms with Crippen LogP contribution in [0.25, 0.3) is 0 Å². The third-order valence-corrected chi connectivity index (χ3v) is 3.40. The number of nitrogens with one attached hydrogen (secondary N) is 1. The van der Waals surface area contributed by atoms with Crippen LogP contribution in [0, 0.1) is 5.82 Å². The number of hydrogen-bond donors (Lipinski definition) is 1. The van der Waals surface area contributed by atoms with Crippen molar-refractivity contribution in [2.75, 3.05) is 13.7 Å². The number of halogens is 1. The van der Waals surface area contributed by atoms with Crippen molar-refractivity contribution < 1.29 is 9.13 Å². The fraction of sp³-hybridized carbons (Fsp3) is 0.438. The molecule has 0 radical (unpaired) electrons. The number of imidazole rings is 1. The zero-order chi connectivity index (χ0) is 15.2. The Morgan fingerprint density at radius 2 is 2.19 bits per heavy atom. The molecule has 1 aromatic heterocycles. The van der Waals surface area contributed by atoms with Gasteiger partial charge in [-0.1, -0.05) is 19.9 Å². The Kier molecular flexibility index (Phi) is 5.33. The summed E-state index contributed by atoms with van der Waals surface area (Å²) >= 11 is 0. The molecule has 0 aliphatic carbocycles. The van der Waals surface area contributed by atoms with Crippen LogP contribution in [0.15, 0.2) is 30.6 Å². The molecule has 0 bridgehead atoms. The Bertz CT molecular complexity index is 583. The van der Waals surface area contributed by atoms with Gasteiger partial charge in [-0.25, -0.2) is 9.37 Å². The zero-order valence-corrected chi connectivity index (χ0v) is 12.8. The molecule has 1 N–H and O–H groups in total. The summed E-state index contributed by atoms with van der Waals surface area (Å²) in [5, 5.41) is 3.31. The molecule has 1 unspecified atom stereocenters. The van der Waals surface area contributed by atoms with Crippen LogP contribution in [0.4, 0.5) is 4.39 Å². The third-order valence-electron chi connectivity index (χ3n) is 3.40. The summed E-state index contributed by atoms with van der Waals surface area (Å²) in [4.78, 5) is 4.42. The van der Waals surface area contributed by atoms with Gasteiger partial charge in [0, 0.05) is 18.9 Å². The molecule has 0 amide bonds. The van der Waals surface area contributed by atoms with Crippen molar-refractivity contribution in [3.63, 3.8) is 0 Å². The summed E-state index contributed by atoms with van der Waals surface area (Å²) in [5.41, 5.74) is 0.505. The molecule has 1 heterocycles. The van der Waals surface area contributed by atoms with E-state index in [1.807, 2.05) is 13.1 Å². The van der Waals surface area contributed by atoms with E-state index in [1.54, 1.807) is 25.4 Å². The lowest BCUT2D eigenvalue weighted by atomic mass is 10.0. The van der Waals surface area contributed by atoms with Crippen molar-refractivity contribution in [2.24, 2.45) is 0 Å². The minimum atomic E-state index is -0.326. The van der Waals surface area contributed by atoms with Gasteiger partial charge in [0.05, 0.1) is 18.7 Å². The van der Waals surface area contributed by atoms with Crippen LogP contribution < -0.4 is 10.1 Å². The first-order valence-electron chi connectivity index (χ1n) is 7.29. The van der Waals surface area contributed by atoms with E-state index >= 15 is 0 Å². The van der Waals surface area contributed by atoms with E-state index in [-0.39, 0.29) is 11.9 Å². The Labute approximate surface area is 125 Å². The smallest absolute Gasteiger partial charge is 0.132 e. The lowest BCUT2D eigenvalue weighted by Gasteiger charge is -2.22. The number of aryl methyl sites for hydroxylation is 1. The second-order valence-electron chi connectivity index (χ2n) is 4.83. The number of nitrogens with zero attached hydrogens (tertiary/aromatic N) is 2. The third kappa shape index (κ3) is 3.24. The molecule has 0 fully saturated rings. The first-order valence-corrected chi connectivity index (χ1v) is 7.29. The Morgan fingerprint density at radius 3 is 2.86 bits per heavy atom. The molecule has 1 atom stereocenters. The minimum Gasteiger partial charge on any atom is -0.496 e. The van der Waals surface area contributed by atoms with Gasteiger partial charge >= 0.3 is 0 Å². The van der Waals surface area contributed by atoms with Crippen molar-refractivity contribution in [1.82, 2.24) is 14.9 Å². The maximum atomic E-state index is 14.4. The highest BCUT2D eigenvalue weighted by Gasteiger charge is 2.25. The van der Waals surface area contributed by atoms with Crippen LogP contribution in [-0.4, -0.2) is 23.2 Å². The highest BCUT2D eigenvalue weighted by Crippen LogP contribution is 2.31. The quantitative estimate of drug-likeness (QED) is 0.852. The normalized spacial score (nSPS) is 12.4. The monoisotopic (exact) mass is 291 g/mol. The van der Waals surface area contributed by atoms with Crippen molar-refractivity contribution in [2.45, 2.75) is 32.9 Å². The molecule has 2 rings (SSSR count). The Balaban J connectivity index is 2.51. The number of ether oxygens (including phenoxy) is 1. The van der Waals surface area contributed by atoms with Crippen molar-refractivity contribution in [1.29, 1.82) is 0 Å². The number of benzene rings is 1. The predicted molar refractivity (Wildman–Crippen MR) is 81.0 cm³/mol. The lowest BCUT2D eigenvalue weighted by molar-refractivity contribution is 0.394. The van der Waals surface area contributed by atoms with E-state index in [1.165, 1.54) is 6.07 Å². The van der Waals surface area contributed by atoms with E-state index in [0.29, 0.717) is 17.9 Å². The van der Waals surface area contributed by atoms with E-state index in [2.05, 4.69) is 21.8 Å². The largest absolute Gasteiger partial charge is 0.496 e. The first kappa shape index (κ1) is 15.5. The molecule has 5 heteroatoms. The van der Waals surface area contributed by atoms with Gasteiger partial charge in [0.1, 0.15) is 17.4 Å². The van der Waals surface area contributed by atoms with Gasteiger partial charge < -0.3 is 14.6 Å². The molecule has 1 aromatic carbocycles. The predicted octanol–water partition coefficient (Wildman–Crippen LogP) is 3.14. The average Bonchev–Trinajstić information content (AvgIpc) is 2.93. The molecule has 0 aliphatic rings. The van der Waals surface area contributed by atoms with Gasteiger partial charge in [0.25, 0.3) is 0 Å². The Morgan fingerprint density at radius 1 is 1.38 bits per heavy atom. The SMILES string of the molecule is CCCn1ccnc1C(NCC)c1c(F)cccc1OC. The van der Waals surface area contributed by atoms with Crippen LogP contribution in [0.3, 0.4) is 0 Å². The van der Waals surface area contributed by atoms with Gasteiger partial charge in [-0.05, 0) is 25.1 Å². The summed E-state index contributed by atoms with van der Waals surface area (Å²) in [5.74, 6) is 1.06. The number of hydrogen-bond acceptors (Lipinski definition) is 3. The van der Waals surface area contributed by atoms with E-state index in [9.17, 15) is 4.39 Å². The molecule has 4 nitrogen and oxygen atoms in total. The molecule has 0 aliphatic heterocycles. The lowest BCUT2D eigenvalue weighted by Crippen LogP contribution is -2.26. The van der Waals surface area contributed by atoms with E-state index < -0.39 is 0 Å². The molecule has 0 spiro atoms. The molecular weight excluding hydrogens is 269 g/mol. The van der Waals surface area contributed by atoms with E-state index in [4.69, 9.17) is 4.74 Å². The van der Waals surface area contributed by atoms with Gasteiger partial charge in [-0.15, -0.1) is 0 Å². The number of aromatic nitrogens is 2. The Hall–Kier alpha value is -1.88. The summed E-state index contributed by atoms with van der Waals surface area (Å²) in [6.45, 7) is 5.66. The molecule has 2 aromatic rings. The fourth-order valence-corrected chi connectivity index (χ4v) is 2.51. The summed E-state index contributed by atoms with van der Waals surface area (Å²) in [6.07, 6.45) is 4.68. The second kappa shape index (κ2) is 7.22. The summed E-state index contributed by atoms with van der Waals surface area (Å²) in [6, 6.07) is 4.55. The molecule has 0 saturated heterocycles. The van der Waals surface area contributed by atoms with E-state index in [0.717, 1.165) is 18.8 Å². The highest BCUT2D eigenvalue weighted by atomic mass is 19.1. The highest BCUT2D eigenvalue weighted by molar-refractivity contribution is 5.40. The second-order valence-corrected chi connectivity index (χ2v) is 4.83. The van der Waals surface area contributed by atoms with Crippen LogP contribution >= 0.6 is 0 Å². The van der Waals surface area contributed by atoms with Gasteiger partial charge in [0.2, 0.25) is 0 Å². The first-order chi connectivity index (χ1) is 10.2. The molecule has 114 valence electrons. The molecule has 21 heavy (non-hydrogen) atoms. The molecule has 0 saturated carbocycles. The summed E-state index contributed by atoms with van der Waals surface area (Å²) in [7, 11) is 1.56. The van der Waals surface area contributed by atoms with Crippen LogP contribution in [0.2, 0.25) is 0 Å². The van der Waals surface area contributed by atoms with Gasteiger partial charge in [-0.2, -0.15) is 0 Å². The van der Waals surface area contributed by atoms with Gasteiger partial charge in [0.15, 0.2) is 0 Å². The average molecular weight is 291 g/mol. The topological polar surface area (TPSA) is 39.1 Å². The number of methoxy groups -OCH3 is 1. The fourth-order valence-electron chi connectivity index (χ4n) is 2.51. The zero-order valence-electron chi connectivity index (χ0n) is 12.8. The van der Waals surface area contributed by atoms with Crippen LogP contribution in [0.5, 0.6) is 5.75 Å². The minimum absolute atomic E-state index is 0.286. The van der Waals surface area contributed by atoms with Crippen molar-refractivity contribution >= 4 is 0 Å². The molecular formula is C16H22FN3O. The van der Waals surface area contributed by atoms with Crippen molar-refractivity contribution in [3.8, 4) is 5.75 Å². The number of rotatable bonds is 7.